The van der Waals surface area contributed by atoms with Gasteiger partial charge in [-0.3, -0.25) is 4.79 Å². The van der Waals surface area contributed by atoms with Gasteiger partial charge in [-0.1, -0.05) is 30.7 Å². The fraction of sp³-hybridized carbons (Fsp3) is 0.200. The van der Waals surface area contributed by atoms with Crippen molar-refractivity contribution >= 4 is 33.1 Å². The maximum Gasteiger partial charge on any atom is 0.265 e. The monoisotopic (exact) mass is 416 g/mol. The lowest BCUT2D eigenvalue weighted by molar-refractivity contribution is -0.122. The third kappa shape index (κ3) is 4.52. The molecule has 5 heteroatoms. The van der Waals surface area contributed by atoms with Crippen LogP contribution in [0.3, 0.4) is 0 Å². The zero-order chi connectivity index (χ0) is 21.1. The van der Waals surface area contributed by atoms with Crippen molar-refractivity contribution in [2.75, 3.05) is 5.32 Å². The van der Waals surface area contributed by atoms with E-state index in [0.29, 0.717) is 12.2 Å². The molecule has 0 fully saturated rings. The molecule has 1 N–H and O–H groups in total. The number of anilines is 1. The van der Waals surface area contributed by atoms with E-state index in [-0.39, 0.29) is 5.91 Å². The second-order valence-corrected chi connectivity index (χ2v) is 8.42. The zero-order valence-corrected chi connectivity index (χ0v) is 18.1. The zero-order valence-electron chi connectivity index (χ0n) is 17.3. The van der Waals surface area contributed by atoms with Crippen molar-refractivity contribution in [3.05, 3.63) is 77.9 Å². The van der Waals surface area contributed by atoms with E-state index in [1.165, 1.54) is 10.3 Å². The Hall–Kier alpha value is -3.18. The van der Waals surface area contributed by atoms with E-state index in [2.05, 4.69) is 30.4 Å². The smallest absolute Gasteiger partial charge is 0.265 e. The van der Waals surface area contributed by atoms with Crippen LogP contribution in [0, 0.1) is 13.8 Å². The number of carbonyl (C=O) groups excluding carboxylic acids is 1. The van der Waals surface area contributed by atoms with Crippen molar-refractivity contribution in [1.82, 2.24) is 4.98 Å². The summed E-state index contributed by atoms with van der Waals surface area (Å²) < 4.78 is 7.05. The van der Waals surface area contributed by atoms with Gasteiger partial charge in [-0.25, -0.2) is 4.98 Å². The number of ether oxygens (including phenoxy) is 1. The first-order valence-electron chi connectivity index (χ1n) is 10.0. The Labute approximate surface area is 180 Å². The molecule has 0 radical (unpaired) electrons. The number of nitrogens with one attached hydrogen (secondary N) is 1. The summed E-state index contributed by atoms with van der Waals surface area (Å²) in [5, 5.41) is 3.93. The van der Waals surface area contributed by atoms with Crippen molar-refractivity contribution in [3.63, 3.8) is 0 Å². The molecular weight excluding hydrogens is 392 g/mol. The standard InChI is InChI=1S/C25H24N2O2S/c1-4-22(29-20-12-5-16(2)6-13-20)24(28)26-19-10-8-18(9-11-19)25-27-21-14-7-17(3)15-23(21)30-25/h5-15,22H,4H2,1-3H3,(H,26,28). The first-order valence-corrected chi connectivity index (χ1v) is 10.9. The van der Waals surface area contributed by atoms with Crippen molar-refractivity contribution in [2.24, 2.45) is 0 Å². The van der Waals surface area contributed by atoms with Crippen molar-refractivity contribution in [3.8, 4) is 16.3 Å². The number of rotatable bonds is 6. The lowest BCUT2D eigenvalue weighted by atomic mass is 10.2. The van der Waals surface area contributed by atoms with Gasteiger partial charge in [0.15, 0.2) is 6.10 Å². The van der Waals surface area contributed by atoms with Gasteiger partial charge in [0.1, 0.15) is 10.8 Å². The highest BCUT2D eigenvalue weighted by atomic mass is 32.1. The first kappa shape index (κ1) is 20.1. The number of nitrogens with zero attached hydrogens (tertiary/aromatic N) is 1. The van der Waals surface area contributed by atoms with Crippen LogP contribution in [0.1, 0.15) is 24.5 Å². The van der Waals surface area contributed by atoms with Crippen LogP contribution in [0.4, 0.5) is 5.69 Å². The van der Waals surface area contributed by atoms with Crippen molar-refractivity contribution in [2.45, 2.75) is 33.3 Å². The average Bonchev–Trinajstić information content (AvgIpc) is 3.17. The van der Waals surface area contributed by atoms with E-state index in [9.17, 15) is 4.79 Å². The van der Waals surface area contributed by atoms with E-state index in [1.54, 1.807) is 11.3 Å². The molecule has 4 rings (SSSR count). The van der Waals surface area contributed by atoms with Crippen molar-refractivity contribution < 1.29 is 9.53 Å². The molecule has 0 saturated heterocycles. The van der Waals surface area contributed by atoms with Crippen LogP contribution in [0.25, 0.3) is 20.8 Å². The van der Waals surface area contributed by atoms with E-state index in [1.807, 2.05) is 62.4 Å². The maximum absolute atomic E-state index is 12.7. The molecule has 4 aromatic rings. The number of fused-ring (bicyclic) bond motifs is 1. The molecular formula is C25H24N2O2S. The van der Waals surface area contributed by atoms with E-state index < -0.39 is 6.10 Å². The van der Waals surface area contributed by atoms with Gasteiger partial charge in [-0.15, -0.1) is 11.3 Å². The number of hydrogen-bond acceptors (Lipinski definition) is 4. The number of carbonyl (C=O) groups is 1. The molecule has 1 heterocycles. The van der Waals surface area contributed by atoms with Gasteiger partial charge in [0.05, 0.1) is 10.2 Å². The molecule has 1 unspecified atom stereocenters. The Bertz CT molecular complexity index is 1160. The Kier molecular flexibility index (Phi) is 5.81. The molecule has 0 aliphatic heterocycles. The fourth-order valence-electron chi connectivity index (χ4n) is 3.18. The minimum atomic E-state index is -0.542. The fourth-order valence-corrected chi connectivity index (χ4v) is 4.25. The van der Waals surface area contributed by atoms with Gasteiger partial charge in [0.2, 0.25) is 0 Å². The molecule has 0 aliphatic carbocycles. The maximum atomic E-state index is 12.7. The van der Waals surface area contributed by atoms with Crippen LogP contribution in [0.5, 0.6) is 5.75 Å². The largest absolute Gasteiger partial charge is 0.481 e. The summed E-state index contributed by atoms with van der Waals surface area (Å²) in [5.74, 6) is 0.547. The van der Waals surface area contributed by atoms with Crippen LogP contribution in [-0.2, 0) is 4.79 Å². The molecule has 1 atom stereocenters. The molecule has 0 bridgehead atoms. The molecule has 30 heavy (non-hydrogen) atoms. The molecule has 1 amide bonds. The number of benzene rings is 3. The lowest BCUT2D eigenvalue weighted by Crippen LogP contribution is -2.32. The first-order chi connectivity index (χ1) is 14.5. The molecule has 3 aromatic carbocycles. The summed E-state index contributed by atoms with van der Waals surface area (Å²) >= 11 is 1.68. The van der Waals surface area contributed by atoms with Gasteiger partial charge >= 0.3 is 0 Å². The SMILES string of the molecule is CCC(Oc1ccc(C)cc1)C(=O)Nc1ccc(-c2nc3ccc(C)cc3s2)cc1. The average molecular weight is 417 g/mol. The lowest BCUT2D eigenvalue weighted by Gasteiger charge is -2.17. The van der Waals surface area contributed by atoms with Gasteiger partial charge in [-0.2, -0.15) is 0 Å². The highest BCUT2D eigenvalue weighted by Crippen LogP contribution is 2.31. The summed E-state index contributed by atoms with van der Waals surface area (Å²) in [7, 11) is 0. The molecule has 0 saturated carbocycles. The molecule has 4 nitrogen and oxygen atoms in total. The number of aryl methyl sites for hydroxylation is 2. The third-order valence-corrected chi connectivity index (χ3v) is 5.97. The van der Waals surface area contributed by atoms with Crippen LogP contribution < -0.4 is 10.1 Å². The number of aromatic nitrogens is 1. The Balaban J connectivity index is 1.45. The summed E-state index contributed by atoms with van der Waals surface area (Å²) in [5.41, 5.74) is 5.18. The van der Waals surface area contributed by atoms with Gasteiger partial charge in [0.25, 0.3) is 5.91 Å². The molecule has 0 spiro atoms. The van der Waals surface area contributed by atoms with E-state index in [0.717, 1.165) is 27.3 Å². The summed E-state index contributed by atoms with van der Waals surface area (Å²) in [6.07, 6.45) is 0.0445. The second-order valence-electron chi connectivity index (χ2n) is 7.38. The number of thiazole rings is 1. The Morgan fingerprint density at radius 3 is 2.40 bits per heavy atom. The van der Waals surface area contributed by atoms with Gasteiger partial charge in [-0.05, 0) is 74.4 Å². The number of hydrogen-bond donors (Lipinski definition) is 1. The predicted octanol–water partition coefficient (Wildman–Crippen LogP) is 6.38. The topological polar surface area (TPSA) is 51.2 Å². The van der Waals surface area contributed by atoms with Crippen LogP contribution >= 0.6 is 11.3 Å². The van der Waals surface area contributed by atoms with Crippen LogP contribution in [0.2, 0.25) is 0 Å². The second kappa shape index (κ2) is 8.67. The summed E-state index contributed by atoms with van der Waals surface area (Å²) in [4.78, 5) is 17.4. The minimum absolute atomic E-state index is 0.152. The van der Waals surface area contributed by atoms with Crippen LogP contribution in [0.15, 0.2) is 66.7 Å². The highest BCUT2D eigenvalue weighted by molar-refractivity contribution is 7.21. The highest BCUT2D eigenvalue weighted by Gasteiger charge is 2.18. The van der Waals surface area contributed by atoms with Crippen LogP contribution in [-0.4, -0.2) is 17.0 Å². The molecule has 152 valence electrons. The molecule has 0 aliphatic rings. The molecule has 1 aromatic heterocycles. The predicted molar refractivity (Wildman–Crippen MR) is 124 cm³/mol. The summed E-state index contributed by atoms with van der Waals surface area (Å²) in [6.45, 7) is 6.05. The minimum Gasteiger partial charge on any atom is -0.481 e. The summed E-state index contributed by atoms with van der Waals surface area (Å²) in [6, 6.07) is 21.8. The van der Waals surface area contributed by atoms with Gasteiger partial charge < -0.3 is 10.1 Å². The third-order valence-electron chi connectivity index (χ3n) is 4.91. The Morgan fingerprint density at radius 1 is 1.00 bits per heavy atom. The van der Waals surface area contributed by atoms with Gasteiger partial charge in [0, 0.05) is 11.3 Å². The van der Waals surface area contributed by atoms with E-state index >= 15 is 0 Å². The Morgan fingerprint density at radius 2 is 1.70 bits per heavy atom. The normalized spacial score (nSPS) is 12.0. The van der Waals surface area contributed by atoms with Crippen molar-refractivity contribution in [1.29, 1.82) is 0 Å². The van der Waals surface area contributed by atoms with E-state index in [4.69, 9.17) is 9.72 Å². The number of amides is 1. The quantitative estimate of drug-likeness (QED) is 0.397.